The standard InChI is InChI=1S/C15H26N2OS/c1-5-13(14-7-6-10-19-14)17-12(4)15(18)16-9-8-11(2)3/h6-7,10-13,17H,5,8-9H2,1-4H3,(H,16,18). The Morgan fingerprint density at radius 2 is 2.11 bits per heavy atom. The zero-order chi connectivity index (χ0) is 14.3. The van der Waals surface area contributed by atoms with Crippen LogP contribution >= 0.6 is 11.3 Å². The van der Waals surface area contributed by atoms with Gasteiger partial charge in [0.25, 0.3) is 0 Å². The fourth-order valence-corrected chi connectivity index (χ4v) is 2.78. The van der Waals surface area contributed by atoms with Crippen LogP contribution in [0.15, 0.2) is 17.5 Å². The van der Waals surface area contributed by atoms with Gasteiger partial charge in [-0.25, -0.2) is 0 Å². The molecule has 1 amide bonds. The minimum Gasteiger partial charge on any atom is -0.355 e. The zero-order valence-electron chi connectivity index (χ0n) is 12.4. The summed E-state index contributed by atoms with van der Waals surface area (Å²) in [6, 6.07) is 4.29. The second-order valence-electron chi connectivity index (χ2n) is 5.34. The predicted molar refractivity (Wildman–Crippen MR) is 82.4 cm³/mol. The highest BCUT2D eigenvalue weighted by Gasteiger charge is 2.18. The Hall–Kier alpha value is -0.870. The van der Waals surface area contributed by atoms with Gasteiger partial charge >= 0.3 is 0 Å². The topological polar surface area (TPSA) is 41.1 Å². The van der Waals surface area contributed by atoms with Crippen molar-refractivity contribution < 1.29 is 4.79 Å². The Kier molecular flexibility index (Phi) is 7.10. The van der Waals surface area contributed by atoms with Crippen LogP contribution in [0.5, 0.6) is 0 Å². The van der Waals surface area contributed by atoms with Crippen LogP contribution in [0, 0.1) is 5.92 Å². The van der Waals surface area contributed by atoms with Gasteiger partial charge in [-0.15, -0.1) is 11.3 Å². The van der Waals surface area contributed by atoms with Gasteiger partial charge in [0.2, 0.25) is 5.91 Å². The molecule has 0 fully saturated rings. The van der Waals surface area contributed by atoms with E-state index >= 15 is 0 Å². The van der Waals surface area contributed by atoms with Gasteiger partial charge in [0, 0.05) is 17.5 Å². The summed E-state index contributed by atoms with van der Waals surface area (Å²) in [6.07, 6.45) is 2.02. The lowest BCUT2D eigenvalue weighted by atomic mass is 10.1. The third-order valence-corrected chi connectivity index (χ3v) is 4.15. The van der Waals surface area contributed by atoms with Gasteiger partial charge in [-0.05, 0) is 37.1 Å². The molecule has 0 aliphatic carbocycles. The van der Waals surface area contributed by atoms with Gasteiger partial charge in [-0.1, -0.05) is 26.8 Å². The van der Waals surface area contributed by atoms with Crippen LogP contribution < -0.4 is 10.6 Å². The number of hydrogen-bond donors (Lipinski definition) is 2. The fraction of sp³-hybridized carbons (Fsp3) is 0.667. The highest BCUT2D eigenvalue weighted by molar-refractivity contribution is 7.10. The summed E-state index contributed by atoms with van der Waals surface area (Å²) >= 11 is 1.74. The zero-order valence-corrected chi connectivity index (χ0v) is 13.2. The van der Waals surface area contributed by atoms with Crippen LogP contribution in [0.3, 0.4) is 0 Å². The SMILES string of the molecule is CCC(NC(C)C(=O)NCCC(C)C)c1cccs1. The first-order chi connectivity index (χ1) is 9.04. The van der Waals surface area contributed by atoms with Crippen molar-refractivity contribution in [1.82, 2.24) is 10.6 Å². The third kappa shape index (κ3) is 5.74. The monoisotopic (exact) mass is 282 g/mol. The smallest absolute Gasteiger partial charge is 0.236 e. The minimum atomic E-state index is -0.154. The Bertz CT molecular complexity index is 362. The normalized spacial score (nSPS) is 14.4. The van der Waals surface area contributed by atoms with Crippen molar-refractivity contribution in [1.29, 1.82) is 0 Å². The molecule has 2 unspecified atom stereocenters. The lowest BCUT2D eigenvalue weighted by Crippen LogP contribution is -2.43. The van der Waals surface area contributed by atoms with Gasteiger partial charge in [-0.2, -0.15) is 0 Å². The average molecular weight is 282 g/mol. The van der Waals surface area contributed by atoms with Crippen LogP contribution in [-0.2, 0) is 4.79 Å². The highest BCUT2D eigenvalue weighted by atomic mass is 32.1. The molecule has 0 spiro atoms. The number of rotatable bonds is 8. The summed E-state index contributed by atoms with van der Waals surface area (Å²) in [6.45, 7) is 9.16. The number of nitrogens with one attached hydrogen (secondary N) is 2. The predicted octanol–water partition coefficient (Wildman–Crippen LogP) is 3.34. The summed E-state index contributed by atoms with van der Waals surface area (Å²) in [7, 11) is 0. The molecule has 0 aliphatic heterocycles. The molecule has 19 heavy (non-hydrogen) atoms. The van der Waals surface area contributed by atoms with Crippen LogP contribution in [0.25, 0.3) is 0 Å². The number of carbonyl (C=O) groups excluding carboxylic acids is 1. The molecule has 1 heterocycles. The van der Waals surface area contributed by atoms with Crippen molar-refractivity contribution in [2.24, 2.45) is 5.92 Å². The largest absolute Gasteiger partial charge is 0.355 e. The molecule has 0 aliphatic rings. The number of amides is 1. The van der Waals surface area contributed by atoms with Gasteiger partial charge in [0.15, 0.2) is 0 Å². The summed E-state index contributed by atoms with van der Waals surface area (Å²) in [5, 5.41) is 8.47. The Labute approximate surface area is 120 Å². The third-order valence-electron chi connectivity index (χ3n) is 3.16. The van der Waals surface area contributed by atoms with E-state index in [0.29, 0.717) is 5.92 Å². The minimum absolute atomic E-state index is 0.0932. The molecule has 0 saturated carbocycles. The summed E-state index contributed by atoms with van der Waals surface area (Å²) in [5.41, 5.74) is 0. The van der Waals surface area contributed by atoms with Crippen molar-refractivity contribution in [3.05, 3.63) is 22.4 Å². The number of thiophene rings is 1. The van der Waals surface area contributed by atoms with Crippen LogP contribution in [-0.4, -0.2) is 18.5 Å². The van der Waals surface area contributed by atoms with Crippen LogP contribution in [0.1, 0.15) is 51.5 Å². The molecule has 1 aromatic rings. The fourth-order valence-electron chi connectivity index (χ4n) is 1.91. The van der Waals surface area contributed by atoms with Gasteiger partial charge in [-0.3, -0.25) is 10.1 Å². The molecule has 0 aromatic carbocycles. The number of hydrogen-bond acceptors (Lipinski definition) is 3. The lowest BCUT2D eigenvalue weighted by Gasteiger charge is -2.21. The number of carbonyl (C=O) groups is 1. The van der Waals surface area contributed by atoms with E-state index in [4.69, 9.17) is 0 Å². The Morgan fingerprint density at radius 3 is 2.63 bits per heavy atom. The van der Waals surface area contributed by atoms with E-state index in [-0.39, 0.29) is 18.0 Å². The van der Waals surface area contributed by atoms with Crippen LogP contribution in [0.4, 0.5) is 0 Å². The molecular weight excluding hydrogens is 256 g/mol. The Morgan fingerprint density at radius 1 is 1.37 bits per heavy atom. The van der Waals surface area contributed by atoms with E-state index < -0.39 is 0 Å². The molecule has 1 rings (SSSR count). The maximum absolute atomic E-state index is 12.0. The highest BCUT2D eigenvalue weighted by Crippen LogP contribution is 2.22. The van der Waals surface area contributed by atoms with E-state index in [1.807, 2.05) is 6.92 Å². The average Bonchev–Trinajstić information content (AvgIpc) is 2.88. The van der Waals surface area contributed by atoms with E-state index in [0.717, 1.165) is 19.4 Å². The summed E-state index contributed by atoms with van der Waals surface area (Å²) in [4.78, 5) is 13.3. The van der Waals surface area contributed by atoms with Crippen molar-refractivity contribution in [2.75, 3.05) is 6.54 Å². The van der Waals surface area contributed by atoms with E-state index in [9.17, 15) is 4.79 Å². The van der Waals surface area contributed by atoms with E-state index in [2.05, 4.69) is 48.9 Å². The second-order valence-corrected chi connectivity index (χ2v) is 6.32. The molecule has 1 aromatic heterocycles. The molecule has 0 saturated heterocycles. The summed E-state index contributed by atoms with van der Waals surface area (Å²) < 4.78 is 0. The van der Waals surface area contributed by atoms with E-state index in [1.54, 1.807) is 11.3 Å². The first-order valence-electron chi connectivity index (χ1n) is 7.11. The van der Waals surface area contributed by atoms with Gasteiger partial charge in [0.05, 0.1) is 6.04 Å². The molecule has 0 bridgehead atoms. The van der Waals surface area contributed by atoms with Crippen molar-refractivity contribution in [2.45, 2.75) is 52.6 Å². The van der Waals surface area contributed by atoms with Gasteiger partial charge < -0.3 is 5.32 Å². The quantitative estimate of drug-likeness (QED) is 0.768. The van der Waals surface area contributed by atoms with Gasteiger partial charge in [0.1, 0.15) is 0 Å². The molecule has 3 nitrogen and oxygen atoms in total. The molecule has 108 valence electrons. The molecule has 0 radical (unpaired) electrons. The Balaban J connectivity index is 2.40. The molecule has 2 N–H and O–H groups in total. The summed E-state index contributed by atoms with van der Waals surface area (Å²) in [5.74, 6) is 0.716. The maximum atomic E-state index is 12.0. The van der Waals surface area contributed by atoms with Crippen molar-refractivity contribution in [3.8, 4) is 0 Å². The molecular formula is C15H26N2OS. The molecule has 2 atom stereocenters. The lowest BCUT2D eigenvalue weighted by molar-refractivity contribution is -0.123. The first kappa shape index (κ1) is 16.2. The van der Waals surface area contributed by atoms with E-state index in [1.165, 1.54) is 4.88 Å². The van der Waals surface area contributed by atoms with Crippen LogP contribution in [0.2, 0.25) is 0 Å². The van der Waals surface area contributed by atoms with Crippen molar-refractivity contribution >= 4 is 17.2 Å². The molecule has 4 heteroatoms. The van der Waals surface area contributed by atoms with Crippen molar-refractivity contribution in [3.63, 3.8) is 0 Å². The second kappa shape index (κ2) is 8.33. The first-order valence-corrected chi connectivity index (χ1v) is 7.99. The maximum Gasteiger partial charge on any atom is 0.236 e.